The third-order valence-electron chi connectivity index (χ3n) is 1.17. The van der Waals surface area contributed by atoms with Gasteiger partial charge in [-0.1, -0.05) is 0 Å². The summed E-state index contributed by atoms with van der Waals surface area (Å²) < 4.78 is 0.498. The molecule has 1 aromatic heterocycles. The fraction of sp³-hybridized carbons (Fsp3) is 0. The van der Waals surface area contributed by atoms with Gasteiger partial charge in [-0.2, -0.15) is 0 Å². The largest absolute Gasteiger partial charge is 0.478 e. The fourth-order valence-electron chi connectivity index (χ4n) is 0.615. The SMILES string of the molecule is Br.Nc1c(Br)cncc1C(=O)O. The molecular formula is C6H6Br2N2O2. The predicted molar refractivity (Wildman–Crippen MR) is 53.6 cm³/mol. The van der Waals surface area contributed by atoms with Crippen LogP contribution in [0.25, 0.3) is 0 Å². The molecule has 0 aliphatic heterocycles. The highest BCUT2D eigenvalue weighted by Gasteiger charge is 2.09. The number of nitrogens with zero attached hydrogens (tertiary/aromatic N) is 1. The topological polar surface area (TPSA) is 76.2 Å². The molecule has 1 aromatic rings. The molecule has 0 aliphatic rings. The maximum Gasteiger partial charge on any atom is 0.339 e. The van der Waals surface area contributed by atoms with Crippen molar-refractivity contribution in [3.05, 3.63) is 22.4 Å². The van der Waals surface area contributed by atoms with Crippen LogP contribution in [0, 0.1) is 0 Å². The van der Waals surface area contributed by atoms with Gasteiger partial charge in [0.2, 0.25) is 0 Å². The number of aromatic carboxylic acids is 1. The number of carboxylic acids is 1. The van der Waals surface area contributed by atoms with Crippen LogP contribution in [0.2, 0.25) is 0 Å². The lowest BCUT2D eigenvalue weighted by Gasteiger charge is -1.99. The summed E-state index contributed by atoms with van der Waals surface area (Å²) in [5, 5.41) is 8.55. The third-order valence-corrected chi connectivity index (χ3v) is 1.80. The van der Waals surface area contributed by atoms with Crippen molar-refractivity contribution in [3.8, 4) is 0 Å². The van der Waals surface area contributed by atoms with Gasteiger partial charge in [0.05, 0.1) is 10.2 Å². The Kier molecular flexibility index (Phi) is 4.19. The molecule has 0 saturated heterocycles. The van der Waals surface area contributed by atoms with Crippen LogP contribution >= 0.6 is 32.9 Å². The predicted octanol–water partition coefficient (Wildman–Crippen LogP) is 1.70. The fourth-order valence-corrected chi connectivity index (χ4v) is 0.947. The maximum atomic E-state index is 10.4. The Labute approximate surface area is 87.7 Å². The van der Waals surface area contributed by atoms with Crippen molar-refractivity contribution in [1.29, 1.82) is 0 Å². The Balaban J connectivity index is 0.00000121. The van der Waals surface area contributed by atoms with Gasteiger partial charge in [0.15, 0.2) is 0 Å². The van der Waals surface area contributed by atoms with Gasteiger partial charge in [-0.25, -0.2) is 4.79 Å². The van der Waals surface area contributed by atoms with E-state index in [4.69, 9.17) is 10.8 Å². The average Bonchev–Trinajstić information content (AvgIpc) is 1.94. The molecular weight excluding hydrogens is 292 g/mol. The minimum Gasteiger partial charge on any atom is -0.478 e. The molecule has 0 fully saturated rings. The zero-order valence-electron chi connectivity index (χ0n) is 5.82. The van der Waals surface area contributed by atoms with E-state index in [1.807, 2.05) is 0 Å². The zero-order chi connectivity index (χ0) is 8.43. The first kappa shape index (κ1) is 11.4. The van der Waals surface area contributed by atoms with E-state index in [0.29, 0.717) is 4.47 Å². The van der Waals surface area contributed by atoms with Gasteiger partial charge in [0.1, 0.15) is 5.56 Å². The summed E-state index contributed by atoms with van der Waals surface area (Å²) >= 11 is 3.06. The van der Waals surface area contributed by atoms with Crippen LogP contribution in [0.15, 0.2) is 16.9 Å². The minimum atomic E-state index is -1.07. The second-order valence-corrected chi connectivity index (χ2v) is 2.74. The van der Waals surface area contributed by atoms with Crippen LogP contribution in [-0.4, -0.2) is 16.1 Å². The number of halogens is 2. The zero-order valence-corrected chi connectivity index (χ0v) is 9.12. The molecule has 0 amide bonds. The first-order valence-electron chi connectivity index (χ1n) is 2.75. The molecule has 12 heavy (non-hydrogen) atoms. The summed E-state index contributed by atoms with van der Waals surface area (Å²) in [6, 6.07) is 0. The van der Waals surface area contributed by atoms with Crippen LogP contribution in [0.5, 0.6) is 0 Å². The van der Waals surface area contributed by atoms with Crippen LogP contribution in [-0.2, 0) is 0 Å². The van der Waals surface area contributed by atoms with E-state index >= 15 is 0 Å². The Hall–Kier alpha value is -0.620. The Morgan fingerprint density at radius 2 is 2.17 bits per heavy atom. The number of aromatic nitrogens is 1. The molecule has 0 aromatic carbocycles. The van der Waals surface area contributed by atoms with E-state index in [0.717, 1.165) is 0 Å². The lowest BCUT2D eigenvalue weighted by Crippen LogP contribution is -2.03. The van der Waals surface area contributed by atoms with Crippen molar-refractivity contribution >= 4 is 44.6 Å². The molecule has 4 nitrogen and oxygen atoms in total. The van der Waals surface area contributed by atoms with Crippen molar-refractivity contribution in [2.45, 2.75) is 0 Å². The molecule has 0 bridgehead atoms. The highest BCUT2D eigenvalue weighted by atomic mass is 79.9. The van der Waals surface area contributed by atoms with Gasteiger partial charge in [0, 0.05) is 12.4 Å². The van der Waals surface area contributed by atoms with Crippen molar-refractivity contribution in [2.75, 3.05) is 5.73 Å². The summed E-state index contributed by atoms with van der Waals surface area (Å²) in [6.07, 6.45) is 2.66. The van der Waals surface area contributed by atoms with E-state index in [1.165, 1.54) is 12.4 Å². The van der Waals surface area contributed by atoms with Gasteiger partial charge >= 0.3 is 5.97 Å². The second-order valence-electron chi connectivity index (χ2n) is 1.89. The second kappa shape index (κ2) is 4.42. The third kappa shape index (κ3) is 2.18. The molecule has 0 aliphatic carbocycles. The lowest BCUT2D eigenvalue weighted by atomic mass is 10.2. The lowest BCUT2D eigenvalue weighted by molar-refractivity contribution is 0.0697. The number of nitrogen functional groups attached to an aromatic ring is 1. The van der Waals surface area contributed by atoms with Crippen LogP contribution in [0.4, 0.5) is 5.69 Å². The minimum absolute atomic E-state index is 0. The number of carboxylic acid groups (broad SMARTS) is 1. The summed E-state index contributed by atoms with van der Waals surface area (Å²) in [5.41, 5.74) is 5.63. The highest BCUT2D eigenvalue weighted by Crippen LogP contribution is 2.20. The Morgan fingerprint density at radius 3 is 2.58 bits per heavy atom. The summed E-state index contributed by atoms with van der Waals surface area (Å²) in [5.74, 6) is -1.07. The normalized spacial score (nSPS) is 8.75. The summed E-state index contributed by atoms with van der Waals surface area (Å²) in [7, 11) is 0. The number of rotatable bonds is 1. The molecule has 6 heteroatoms. The number of anilines is 1. The van der Waals surface area contributed by atoms with Gasteiger partial charge < -0.3 is 10.8 Å². The molecule has 0 radical (unpaired) electrons. The Bertz CT molecular complexity index is 304. The monoisotopic (exact) mass is 296 g/mol. The number of hydrogen-bond donors (Lipinski definition) is 2. The van der Waals surface area contributed by atoms with Crippen molar-refractivity contribution in [2.24, 2.45) is 0 Å². The van der Waals surface area contributed by atoms with E-state index < -0.39 is 5.97 Å². The molecule has 0 unspecified atom stereocenters. The number of hydrogen-bond acceptors (Lipinski definition) is 3. The smallest absolute Gasteiger partial charge is 0.339 e. The first-order chi connectivity index (χ1) is 5.13. The summed E-state index contributed by atoms with van der Waals surface area (Å²) in [6.45, 7) is 0. The van der Waals surface area contributed by atoms with Gasteiger partial charge in [0.25, 0.3) is 0 Å². The molecule has 1 heterocycles. The van der Waals surface area contributed by atoms with Gasteiger partial charge in [-0.3, -0.25) is 4.98 Å². The van der Waals surface area contributed by atoms with Crippen LogP contribution in [0.1, 0.15) is 10.4 Å². The summed E-state index contributed by atoms with van der Waals surface area (Å²) in [4.78, 5) is 14.1. The van der Waals surface area contributed by atoms with E-state index in [9.17, 15) is 4.79 Å². The number of carbonyl (C=O) groups is 1. The van der Waals surface area contributed by atoms with Gasteiger partial charge in [-0.05, 0) is 15.9 Å². The van der Waals surface area contributed by atoms with Gasteiger partial charge in [-0.15, -0.1) is 17.0 Å². The van der Waals surface area contributed by atoms with E-state index in [1.54, 1.807) is 0 Å². The molecule has 0 saturated carbocycles. The molecule has 66 valence electrons. The standard InChI is InChI=1S/C6H5BrN2O2.BrH/c7-4-2-9-1-3(5(4)8)6(10)11;/h1-2H,(H2,8,9)(H,10,11);1H. The van der Waals surface area contributed by atoms with E-state index in [2.05, 4.69) is 20.9 Å². The maximum absolute atomic E-state index is 10.4. The first-order valence-corrected chi connectivity index (χ1v) is 3.54. The number of pyridine rings is 1. The molecule has 1 rings (SSSR count). The molecule has 0 spiro atoms. The molecule has 0 atom stereocenters. The quantitative estimate of drug-likeness (QED) is 0.827. The average molecular weight is 298 g/mol. The van der Waals surface area contributed by atoms with Crippen LogP contribution < -0.4 is 5.73 Å². The van der Waals surface area contributed by atoms with Crippen molar-refractivity contribution in [1.82, 2.24) is 4.98 Å². The van der Waals surface area contributed by atoms with E-state index in [-0.39, 0.29) is 28.2 Å². The Morgan fingerprint density at radius 1 is 1.58 bits per heavy atom. The number of nitrogens with two attached hydrogens (primary N) is 1. The highest BCUT2D eigenvalue weighted by molar-refractivity contribution is 9.10. The van der Waals surface area contributed by atoms with Crippen molar-refractivity contribution < 1.29 is 9.90 Å². The molecule has 3 N–H and O–H groups in total. The van der Waals surface area contributed by atoms with Crippen LogP contribution in [0.3, 0.4) is 0 Å². The van der Waals surface area contributed by atoms with Crippen molar-refractivity contribution in [3.63, 3.8) is 0 Å².